The molecule has 1 aromatic heterocycles. The van der Waals surface area contributed by atoms with Crippen molar-refractivity contribution in [3.05, 3.63) is 24.0 Å². The summed E-state index contributed by atoms with van der Waals surface area (Å²) in [5.74, 6) is 0. The summed E-state index contributed by atoms with van der Waals surface area (Å²) in [4.78, 5) is 0.419. The van der Waals surface area contributed by atoms with Gasteiger partial charge < -0.3 is 0 Å². The van der Waals surface area contributed by atoms with E-state index in [2.05, 4.69) is 47.0 Å². The third-order valence-corrected chi connectivity index (χ3v) is 1.84. The number of hydrogen-bond acceptors (Lipinski definition) is 1. The normalized spacial score (nSPS) is 13.9. The fourth-order valence-electron chi connectivity index (χ4n) is 0.882. The van der Waals surface area contributed by atoms with Gasteiger partial charge in [-0.2, -0.15) is 5.10 Å². The second-order valence-corrected chi connectivity index (χ2v) is 4.11. The quantitative estimate of drug-likeness (QED) is 0.728. The standard InChI is InChI=1S/C9H13BrN2/c1-3-12-7-9(6-11-12)5-4-8(2)10/h4-8H,3H2,1-2H3/b5-4+. The molecular formula is C9H13BrN2. The Morgan fingerprint density at radius 1 is 1.75 bits per heavy atom. The molecule has 1 unspecified atom stereocenters. The van der Waals surface area contributed by atoms with Gasteiger partial charge in [0.2, 0.25) is 0 Å². The lowest BCUT2D eigenvalue weighted by Gasteiger charge is -1.90. The van der Waals surface area contributed by atoms with Crippen LogP contribution in [-0.4, -0.2) is 14.6 Å². The Labute approximate surface area is 81.4 Å². The first kappa shape index (κ1) is 9.52. The van der Waals surface area contributed by atoms with Crippen LogP contribution in [0.15, 0.2) is 18.5 Å². The van der Waals surface area contributed by atoms with Gasteiger partial charge in [0.25, 0.3) is 0 Å². The van der Waals surface area contributed by atoms with Gasteiger partial charge in [-0.15, -0.1) is 0 Å². The van der Waals surface area contributed by atoms with Gasteiger partial charge in [-0.05, 0) is 13.8 Å². The van der Waals surface area contributed by atoms with E-state index < -0.39 is 0 Å². The summed E-state index contributed by atoms with van der Waals surface area (Å²) in [6, 6.07) is 0. The molecule has 1 aromatic rings. The lowest BCUT2D eigenvalue weighted by atomic mass is 10.3. The molecule has 0 bridgehead atoms. The van der Waals surface area contributed by atoms with E-state index in [1.165, 1.54) is 0 Å². The van der Waals surface area contributed by atoms with Crippen LogP contribution in [0.25, 0.3) is 6.08 Å². The molecule has 1 atom stereocenters. The lowest BCUT2D eigenvalue weighted by molar-refractivity contribution is 0.660. The minimum atomic E-state index is 0.419. The first-order valence-electron chi connectivity index (χ1n) is 4.07. The Hall–Kier alpha value is -0.570. The molecule has 0 aromatic carbocycles. The summed E-state index contributed by atoms with van der Waals surface area (Å²) in [7, 11) is 0. The largest absolute Gasteiger partial charge is 0.272 e. The number of nitrogens with zero attached hydrogens (tertiary/aromatic N) is 2. The van der Waals surface area contributed by atoms with E-state index in [1.807, 2.05) is 17.1 Å². The van der Waals surface area contributed by atoms with Crippen molar-refractivity contribution < 1.29 is 0 Å². The van der Waals surface area contributed by atoms with Crippen molar-refractivity contribution in [3.63, 3.8) is 0 Å². The van der Waals surface area contributed by atoms with Crippen LogP contribution in [0.1, 0.15) is 19.4 Å². The second kappa shape index (κ2) is 4.45. The minimum absolute atomic E-state index is 0.419. The van der Waals surface area contributed by atoms with E-state index in [4.69, 9.17) is 0 Å². The van der Waals surface area contributed by atoms with E-state index in [9.17, 15) is 0 Å². The van der Waals surface area contributed by atoms with Crippen molar-refractivity contribution in [1.82, 2.24) is 9.78 Å². The molecule has 0 aliphatic carbocycles. The Balaban J connectivity index is 2.63. The Kier molecular flexibility index (Phi) is 3.53. The summed E-state index contributed by atoms with van der Waals surface area (Å²) in [6.07, 6.45) is 8.07. The molecule has 3 heteroatoms. The molecule has 0 spiro atoms. The zero-order valence-electron chi connectivity index (χ0n) is 7.37. The molecule has 0 fully saturated rings. The maximum absolute atomic E-state index is 4.16. The number of hydrogen-bond donors (Lipinski definition) is 0. The molecule has 12 heavy (non-hydrogen) atoms. The van der Waals surface area contributed by atoms with Crippen LogP contribution >= 0.6 is 15.9 Å². The molecule has 0 saturated heterocycles. The van der Waals surface area contributed by atoms with Gasteiger partial charge in [0.05, 0.1) is 6.20 Å². The Morgan fingerprint density at radius 2 is 2.50 bits per heavy atom. The maximum atomic E-state index is 4.16. The predicted molar refractivity (Wildman–Crippen MR) is 55.3 cm³/mol. The molecule has 66 valence electrons. The second-order valence-electron chi connectivity index (χ2n) is 2.67. The fourth-order valence-corrected chi connectivity index (χ4v) is 1.03. The van der Waals surface area contributed by atoms with Gasteiger partial charge in [0, 0.05) is 23.1 Å². The van der Waals surface area contributed by atoms with Crippen LogP contribution in [0.5, 0.6) is 0 Å². The van der Waals surface area contributed by atoms with Crippen molar-refractivity contribution in [1.29, 1.82) is 0 Å². The molecule has 0 amide bonds. The number of aryl methyl sites for hydroxylation is 1. The van der Waals surface area contributed by atoms with Gasteiger partial charge in [0.1, 0.15) is 0 Å². The van der Waals surface area contributed by atoms with E-state index in [1.54, 1.807) is 0 Å². The average molecular weight is 229 g/mol. The van der Waals surface area contributed by atoms with Gasteiger partial charge >= 0.3 is 0 Å². The van der Waals surface area contributed by atoms with E-state index in [-0.39, 0.29) is 0 Å². The number of rotatable bonds is 3. The smallest absolute Gasteiger partial charge is 0.0562 e. The van der Waals surface area contributed by atoms with E-state index in [0.29, 0.717) is 4.83 Å². The molecule has 2 nitrogen and oxygen atoms in total. The van der Waals surface area contributed by atoms with Crippen LogP contribution in [-0.2, 0) is 6.54 Å². The molecule has 0 saturated carbocycles. The molecule has 1 heterocycles. The van der Waals surface area contributed by atoms with E-state index in [0.717, 1.165) is 12.1 Å². The highest BCUT2D eigenvalue weighted by Crippen LogP contribution is 2.05. The highest BCUT2D eigenvalue weighted by Gasteiger charge is 1.92. The number of alkyl halides is 1. The van der Waals surface area contributed by atoms with Crippen molar-refractivity contribution >= 4 is 22.0 Å². The monoisotopic (exact) mass is 228 g/mol. The van der Waals surface area contributed by atoms with Crippen LogP contribution in [0, 0.1) is 0 Å². The Bertz CT molecular complexity index is 263. The average Bonchev–Trinajstić information content (AvgIpc) is 2.48. The minimum Gasteiger partial charge on any atom is -0.272 e. The summed E-state index contributed by atoms with van der Waals surface area (Å²) >= 11 is 3.44. The summed E-state index contributed by atoms with van der Waals surface area (Å²) < 4.78 is 1.92. The lowest BCUT2D eigenvalue weighted by Crippen LogP contribution is -1.91. The van der Waals surface area contributed by atoms with Crippen LogP contribution in [0.4, 0.5) is 0 Å². The molecular weight excluding hydrogens is 216 g/mol. The van der Waals surface area contributed by atoms with Crippen LogP contribution in [0.3, 0.4) is 0 Å². The number of aromatic nitrogens is 2. The number of halogens is 1. The third kappa shape index (κ3) is 2.81. The SMILES string of the molecule is CCn1cc(/C=C/C(C)Br)cn1. The van der Waals surface area contributed by atoms with Gasteiger partial charge in [-0.1, -0.05) is 28.1 Å². The Morgan fingerprint density at radius 3 is 3.00 bits per heavy atom. The molecule has 0 N–H and O–H groups in total. The fraction of sp³-hybridized carbons (Fsp3) is 0.444. The summed E-state index contributed by atoms with van der Waals surface area (Å²) in [5, 5.41) is 4.16. The predicted octanol–water partition coefficient (Wildman–Crippen LogP) is 2.70. The topological polar surface area (TPSA) is 17.8 Å². The number of allylic oxidation sites excluding steroid dienone is 1. The van der Waals surface area contributed by atoms with Gasteiger partial charge in [0.15, 0.2) is 0 Å². The van der Waals surface area contributed by atoms with Crippen LogP contribution in [0.2, 0.25) is 0 Å². The molecule has 0 aliphatic heterocycles. The highest BCUT2D eigenvalue weighted by atomic mass is 79.9. The zero-order chi connectivity index (χ0) is 8.97. The van der Waals surface area contributed by atoms with Crippen LogP contribution < -0.4 is 0 Å². The van der Waals surface area contributed by atoms with Gasteiger partial charge in [-0.3, -0.25) is 4.68 Å². The van der Waals surface area contributed by atoms with Crippen molar-refractivity contribution in [3.8, 4) is 0 Å². The maximum Gasteiger partial charge on any atom is 0.0562 e. The zero-order valence-corrected chi connectivity index (χ0v) is 8.95. The van der Waals surface area contributed by atoms with Crippen molar-refractivity contribution in [2.75, 3.05) is 0 Å². The molecule has 1 rings (SSSR count). The third-order valence-electron chi connectivity index (χ3n) is 1.53. The first-order chi connectivity index (χ1) is 5.72. The van der Waals surface area contributed by atoms with Crippen molar-refractivity contribution in [2.24, 2.45) is 0 Å². The van der Waals surface area contributed by atoms with Crippen molar-refractivity contribution in [2.45, 2.75) is 25.2 Å². The first-order valence-corrected chi connectivity index (χ1v) is 4.98. The van der Waals surface area contributed by atoms with E-state index >= 15 is 0 Å². The summed E-state index contributed by atoms with van der Waals surface area (Å²) in [6.45, 7) is 5.09. The highest BCUT2D eigenvalue weighted by molar-refractivity contribution is 9.09. The summed E-state index contributed by atoms with van der Waals surface area (Å²) in [5.41, 5.74) is 1.16. The molecule has 0 aliphatic rings. The molecule has 0 radical (unpaired) electrons. The van der Waals surface area contributed by atoms with Gasteiger partial charge in [-0.25, -0.2) is 0 Å².